The summed E-state index contributed by atoms with van der Waals surface area (Å²) in [5.74, 6) is 0.437. The zero-order valence-corrected chi connectivity index (χ0v) is 10.8. The highest BCUT2D eigenvalue weighted by molar-refractivity contribution is 5.95. The zero-order valence-electron chi connectivity index (χ0n) is 10.8. The lowest BCUT2D eigenvalue weighted by Gasteiger charge is -2.17. The van der Waals surface area contributed by atoms with Crippen molar-refractivity contribution in [3.63, 3.8) is 0 Å². The predicted molar refractivity (Wildman–Crippen MR) is 73.9 cm³/mol. The molecular formula is C15H17N3O. The van der Waals surface area contributed by atoms with Crippen LogP contribution in [0.4, 0.5) is 0 Å². The summed E-state index contributed by atoms with van der Waals surface area (Å²) in [6.07, 6.45) is 9.95. The van der Waals surface area contributed by atoms with Crippen LogP contribution in [0, 0.1) is 5.92 Å². The molecule has 0 saturated heterocycles. The fraction of sp³-hybridized carbons (Fsp3) is 0.400. The predicted octanol–water partition coefficient (Wildman–Crippen LogP) is 3.21. The summed E-state index contributed by atoms with van der Waals surface area (Å²) in [7, 11) is 0. The summed E-state index contributed by atoms with van der Waals surface area (Å²) in [6.45, 7) is 0. The highest BCUT2D eigenvalue weighted by Crippen LogP contribution is 2.24. The highest BCUT2D eigenvalue weighted by Gasteiger charge is 2.12. The van der Waals surface area contributed by atoms with Gasteiger partial charge in [-0.3, -0.25) is 4.79 Å². The van der Waals surface area contributed by atoms with E-state index in [9.17, 15) is 4.79 Å². The third-order valence-electron chi connectivity index (χ3n) is 3.72. The van der Waals surface area contributed by atoms with Gasteiger partial charge in [-0.2, -0.15) is 4.68 Å². The van der Waals surface area contributed by atoms with E-state index in [-0.39, 0.29) is 5.91 Å². The van der Waals surface area contributed by atoms with E-state index in [1.807, 2.05) is 30.3 Å². The maximum atomic E-state index is 12.1. The van der Waals surface area contributed by atoms with Crippen molar-refractivity contribution >= 4 is 16.9 Å². The monoisotopic (exact) mass is 255 g/mol. The normalized spacial score (nSPS) is 17.3. The lowest BCUT2D eigenvalue weighted by Crippen LogP contribution is -2.10. The molecule has 0 atom stereocenters. The molecule has 2 aromatic rings. The molecule has 19 heavy (non-hydrogen) atoms. The molecule has 0 bridgehead atoms. The van der Waals surface area contributed by atoms with Crippen molar-refractivity contribution in [2.24, 2.45) is 5.92 Å². The first kappa shape index (κ1) is 12.1. The van der Waals surface area contributed by atoms with E-state index in [2.05, 4.69) is 10.3 Å². The topological polar surface area (TPSA) is 47.8 Å². The summed E-state index contributed by atoms with van der Waals surface area (Å²) in [5, 5.41) is 7.92. The summed E-state index contributed by atoms with van der Waals surface area (Å²) < 4.78 is 1.37. The summed E-state index contributed by atoms with van der Waals surface area (Å²) >= 11 is 0. The summed E-state index contributed by atoms with van der Waals surface area (Å²) in [5.41, 5.74) is 1.52. The second-order valence-corrected chi connectivity index (χ2v) is 5.09. The molecule has 3 rings (SSSR count). The molecule has 0 unspecified atom stereocenters. The first-order chi connectivity index (χ1) is 9.34. The van der Waals surface area contributed by atoms with Crippen LogP contribution in [0.3, 0.4) is 0 Å². The number of benzene rings is 1. The third kappa shape index (κ3) is 2.57. The van der Waals surface area contributed by atoms with Gasteiger partial charge in [-0.05, 0) is 30.9 Å². The summed E-state index contributed by atoms with van der Waals surface area (Å²) in [6, 6.07) is 7.50. The van der Waals surface area contributed by atoms with Crippen LogP contribution >= 0.6 is 0 Å². The minimum atomic E-state index is -0.112. The fourth-order valence-corrected chi connectivity index (χ4v) is 2.65. The lowest BCUT2D eigenvalue weighted by atomic mass is 9.89. The molecular weight excluding hydrogens is 238 g/mol. The van der Waals surface area contributed by atoms with Crippen LogP contribution in [0.25, 0.3) is 11.0 Å². The number of rotatable bonds is 2. The Labute approximate surface area is 112 Å². The van der Waals surface area contributed by atoms with Gasteiger partial charge in [0, 0.05) is 6.08 Å². The van der Waals surface area contributed by atoms with E-state index in [1.54, 1.807) is 6.08 Å². The Hall–Kier alpha value is -1.97. The largest absolute Gasteiger partial charge is 0.272 e. The molecule has 1 aliphatic carbocycles. The van der Waals surface area contributed by atoms with Crippen molar-refractivity contribution in [3.05, 3.63) is 36.4 Å². The molecule has 1 saturated carbocycles. The van der Waals surface area contributed by atoms with E-state index in [4.69, 9.17) is 0 Å². The molecule has 0 spiro atoms. The number of aromatic nitrogens is 3. The van der Waals surface area contributed by atoms with Gasteiger partial charge in [-0.15, -0.1) is 5.10 Å². The number of nitrogens with zero attached hydrogens (tertiary/aromatic N) is 3. The van der Waals surface area contributed by atoms with E-state index in [0.29, 0.717) is 5.92 Å². The number of para-hydroxylation sites is 1. The van der Waals surface area contributed by atoms with Crippen molar-refractivity contribution in [1.29, 1.82) is 0 Å². The first-order valence-electron chi connectivity index (χ1n) is 6.87. The Kier molecular flexibility index (Phi) is 3.40. The highest BCUT2D eigenvalue weighted by atomic mass is 16.2. The van der Waals surface area contributed by atoms with Crippen LogP contribution < -0.4 is 0 Å². The van der Waals surface area contributed by atoms with E-state index in [0.717, 1.165) is 11.0 Å². The molecule has 1 aliphatic rings. The molecule has 1 fully saturated rings. The van der Waals surface area contributed by atoms with Gasteiger partial charge in [0.1, 0.15) is 5.52 Å². The average Bonchev–Trinajstić information content (AvgIpc) is 2.90. The van der Waals surface area contributed by atoms with E-state index >= 15 is 0 Å². The van der Waals surface area contributed by atoms with Gasteiger partial charge in [0.25, 0.3) is 5.91 Å². The van der Waals surface area contributed by atoms with Crippen molar-refractivity contribution in [2.45, 2.75) is 32.1 Å². The van der Waals surface area contributed by atoms with Crippen molar-refractivity contribution in [1.82, 2.24) is 15.0 Å². The first-order valence-corrected chi connectivity index (χ1v) is 6.87. The molecule has 0 radical (unpaired) electrons. The van der Waals surface area contributed by atoms with Gasteiger partial charge in [0.2, 0.25) is 0 Å². The minimum Gasteiger partial charge on any atom is -0.267 e. The maximum Gasteiger partial charge on any atom is 0.272 e. The van der Waals surface area contributed by atoms with Gasteiger partial charge < -0.3 is 0 Å². The molecule has 1 aromatic heterocycles. The zero-order chi connectivity index (χ0) is 13.1. The van der Waals surface area contributed by atoms with E-state index < -0.39 is 0 Å². The molecule has 0 N–H and O–H groups in total. The number of hydrogen-bond donors (Lipinski definition) is 0. The van der Waals surface area contributed by atoms with Gasteiger partial charge in [-0.25, -0.2) is 0 Å². The van der Waals surface area contributed by atoms with Gasteiger partial charge in [0.05, 0.1) is 5.52 Å². The fourth-order valence-electron chi connectivity index (χ4n) is 2.65. The number of allylic oxidation sites excluding steroid dienone is 2. The number of hydrogen-bond acceptors (Lipinski definition) is 3. The van der Waals surface area contributed by atoms with Crippen molar-refractivity contribution in [3.8, 4) is 0 Å². The molecule has 4 nitrogen and oxygen atoms in total. The summed E-state index contributed by atoms with van der Waals surface area (Å²) in [4.78, 5) is 12.1. The molecule has 0 aliphatic heterocycles. The lowest BCUT2D eigenvalue weighted by molar-refractivity contribution is 0.0956. The SMILES string of the molecule is O=C(/C=C/C1CCCCC1)n1nnc2ccccc21. The van der Waals surface area contributed by atoms with Crippen LogP contribution in [0.2, 0.25) is 0 Å². The molecule has 98 valence electrons. The van der Waals surface area contributed by atoms with Crippen LogP contribution in [-0.2, 0) is 0 Å². The second kappa shape index (κ2) is 5.34. The quantitative estimate of drug-likeness (QED) is 0.774. The standard InChI is InChI=1S/C15H17N3O/c19-15(11-10-12-6-2-1-3-7-12)18-14-9-5-4-8-13(14)16-17-18/h4-5,8-12H,1-3,6-7H2/b11-10+. The Morgan fingerprint density at radius 1 is 1.21 bits per heavy atom. The smallest absolute Gasteiger partial charge is 0.267 e. The molecule has 0 amide bonds. The Morgan fingerprint density at radius 2 is 2.00 bits per heavy atom. The molecule has 1 heterocycles. The number of carbonyl (C=O) groups is 1. The third-order valence-corrected chi connectivity index (χ3v) is 3.72. The van der Waals surface area contributed by atoms with Gasteiger partial charge in [-0.1, -0.05) is 42.7 Å². The van der Waals surface area contributed by atoms with Gasteiger partial charge >= 0.3 is 0 Å². The second-order valence-electron chi connectivity index (χ2n) is 5.09. The van der Waals surface area contributed by atoms with E-state index in [1.165, 1.54) is 36.8 Å². The van der Waals surface area contributed by atoms with Crippen molar-refractivity contribution < 1.29 is 4.79 Å². The Morgan fingerprint density at radius 3 is 2.84 bits per heavy atom. The Bertz CT molecular complexity index is 609. The van der Waals surface area contributed by atoms with Crippen LogP contribution in [0.1, 0.15) is 36.9 Å². The minimum absolute atomic E-state index is 0.112. The maximum absolute atomic E-state index is 12.1. The number of fused-ring (bicyclic) bond motifs is 1. The average molecular weight is 255 g/mol. The molecule has 4 heteroatoms. The Balaban J connectivity index is 1.78. The van der Waals surface area contributed by atoms with Crippen LogP contribution in [0.15, 0.2) is 36.4 Å². The van der Waals surface area contributed by atoms with Gasteiger partial charge in [0.15, 0.2) is 0 Å². The number of carbonyl (C=O) groups excluding carboxylic acids is 1. The molecule has 1 aromatic carbocycles. The van der Waals surface area contributed by atoms with Crippen LogP contribution in [-0.4, -0.2) is 20.9 Å². The van der Waals surface area contributed by atoms with Crippen LogP contribution in [0.5, 0.6) is 0 Å². The van der Waals surface area contributed by atoms with Crippen molar-refractivity contribution in [2.75, 3.05) is 0 Å².